The number of nitrogens with zero attached hydrogens (tertiary/aromatic N) is 3. The minimum atomic E-state index is -3.36. The Morgan fingerprint density at radius 2 is 2.03 bits per heavy atom. The molecule has 1 aliphatic heterocycles. The molecule has 10 heteroatoms. The molecule has 1 fully saturated rings. The van der Waals surface area contributed by atoms with Crippen molar-refractivity contribution >= 4 is 26.8 Å². The van der Waals surface area contributed by atoms with Crippen molar-refractivity contribution in [1.29, 1.82) is 0 Å². The summed E-state index contributed by atoms with van der Waals surface area (Å²) >= 11 is 0. The van der Waals surface area contributed by atoms with Crippen LogP contribution in [0.3, 0.4) is 0 Å². The quantitative estimate of drug-likeness (QED) is 0.617. The van der Waals surface area contributed by atoms with Crippen LogP contribution in [-0.2, 0) is 14.8 Å². The van der Waals surface area contributed by atoms with E-state index in [0.717, 1.165) is 50.1 Å². The van der Waals surface area contributed by atoms with E-state index >= 15 is 0 Å². The number of rotatable bonds is 6. The lowest BCUT2D eigenvalue weighted by Crippen LogP contribution is -2.41. The van der Waals surface area contributed by atoms with Crippen LogP contribution < -0.4 is 5.32 Å². The lowest BCUT2D eigenvalue weighted by Gasteiger charge is -2.26. The summed E-state index contributed by atoms with van der Waals surface area (Å²) in [5.74, 6) is -0.207. The van der Waals surface area contributed by atoms with Crippen LogP contribution in [0.1, 0.15) is 10.5 Å². The third kappa shape index (κ3) is 4.34. The Morgan fingerprint density at radius 1 is 1.24 bits per heavy atom. The van der Waals surface area contributed by atoms with E-state index < -0.39 is 10.0 Å². The lowest BCUT2D eigenvalue weighted by molar-refractivity contribution is 0.0383. The van der Waals surface area contributed by atoms with Gasteiger partial charge in [-0.1, -0.05) is 6.07 Å². The maximum atomic E-state index is 12.4. The maximum Gasteiger partial charge on any atom is 0.269 e. The Balaban J connectivity index is 1.43. The first-order valence-corrected chi connectivity index (χ1v) is 11.2. The Hall–Kier alpha value is -2.69. The molecule has 0 spiro atoms. The van der Waals surface area contributed by atoms with E-state index in [-0.39, 0.29) is 5.91 Å². The van der Waals surface area contributed by atoms with Gasteiger partial charge in [0.1, 0.15) is 5.69 Å². The summed E-state index contributed by atoms with van der Waals surface area (Å²) in [7, 11) is -3.36. The highest BCUT2D eigenvalue weighted by molar-refractivity contribution is 7.89. The number of H-pyrrole nitrogens is 1. The van der Waals surface area contributed by atoms with Crippen molar-refractivity contribution in [2.24, 2.45) is 0 Å². The second kappa shape index (κ2) is 7.97. The number of morpholine rings is 1. The molecule has 3 heterocycles. The predicted octanol–water partition coefficient (Wildman–Crippen LogP) is 0.901. The molecule has 0 bridgehead atoms. The lowest BCUT2D eigenvalue weighted by atomic mass is 10.1. The van der Waals surface area contributed by atoms with Crippen molar-refractivity contribution in [1.82, 2.24) is 24.4 Å². The summed E-state index contributed by atoms with van der Waals surface area (Å²) < 4.78 is 30.2. The van der Waals surface area contributed by atoms with Crippen LogP contribution >= 0.6 is 0 Å². The second-order valence-corrected chi connectivity index (χ2v) is 8.88. The highest BCUT2D eigenvalue weighted by Crippen LogP contribution is 2.25. The molecule has 0 saturated carbocycles. The van der Waals surface area contributed by atoms with Crippen molar-refractivity contribution in [2.45, 2.75) is 0 Å². The fourth-order valence-corrected chi connectivity index (χ4v) is 4.20. The first-order valence-electron chi connectivity index (χ1n) is 9.37. The second-order valence-electron chi connectivity index (χ2n) is 7.02. The molecule has 1 saturated heterocycles. The third-order valence-corrected chi connectivity index (χ3v) is 5.98. The van der Waals surface area contributed by atoms with Crippen molar-refractivity contribution < 1.29 is 17.9 Å². The number of aromatic nitrogens is 3. The molecule has 0 atom stereocenters. The Labute approximate surface area is 168 Å². The summed E-state index contributed by atoms with van der Waals surface area (Å²) in [4.78, 5) is 14.6. The van der Waals surface area contributed by atoms with Gasteiger partial charge in [0.25, 0.3) is 5.91 Å². The van der Waals surface area contributed by atoms with Gasteiger partial charge in [0.15, 0.2) is 0 Å². The fraction of sp³-hybridized carbons (Fsp3) is 0.368. The number of hydrogen-bond acceptors (Lipinski definition) is 6. The zero-order valence-electron chi connectivity index (χ0n) is 16.1. The molecule has 2 N–H and O–H groups in total. The van der Waals surface area contributed by atoms with Crippen LogP contribution in [0.15, 0.2) is 36.5 Å². The van der Waals surface area contributed by atoms with Gasteiger partial charge in [-0.15, -0.1) is 0 Å². The highest BCUT2D eigenvalue weighted by atomic mass is 32.2. The van der Waals surface area contributed by atoms with E-state index in [1.807, 2.05) is 6.07 Å². The number of amides is 1. The molecule has 0 unspecified atom stereocenters. The molecule has 4 rings (SSSR count). The molecule has 1 amide bonds. The van der Waals surface area contributed by atoms with E-state index in [1.54, 1.807) is 24.3 Å². The molecular formula is C19H23N5O4S. The number of nitrogens with one attached hydrogen (secondary N) is 2. The van der Waals surface area contributed by atoms with E-state index in [1.165, 1.54) is 10.2 Å². The van der Waals surface area contributed by atoms with Crippen molar-refractivity contribution in [3.63, 3.8) is 0 Å². The predicted molar refractivity (Wildman–Crippen MR) is 109 cm³/mol. The Bertz CT molecular complexity index is 1130. The summed E-state index contributed by atoms with van der Waals surface area (Å²) in [6, 6.07) is 8.82. The summed E-state index contributed by atoms with van der Waals surface area (Å²) in [5, 5.41) is 10.7. The number of carbonyl (C=O) groups excluding carboxylic acids is 1. The van der Waals surface area contributed by atoms with Crippen LogP contribution in [0.4, 0.5) is 0 Å². The molecule has 154 valence electrons. The SMILES string of the molecule is CS(=O)(=O)n1ccc2cc(-c3cc(C(=O)NCCN4CCOCC4)[nH]n3)ccc21. The van der Waals surface area contributed by atoms with Crippen molar-refractivity contribution in [3.8, 4) is 11.3 Å². The molecule has 29 heavy (non-hydrogen) atoms. The largest absolute Gasteiger partial charge is 0.379 e. The molecule has 9 nitrogen and oxygen atoms in total. The zero-order valence-corrected chi connectivity index (χ0v) is 16.9. The van der Waals surface area contributed by atoms with E-state index in [4.69, 9.17) is 4.74 Å². The number of fused-ring (bicyclic) bond motifs is 1. The first kappa shape index (κ1) is 19.6. The summed E-state index contributed by atoms with van der Waals surface area (Å²) in [5.41, 5.74) is 2.41. The fourth-order valence-electron chi connectivity index (χ4n) is 3.40. The maximum absolute atomic E-state index is 12.4. The molecule has 1 aromatic carbocycles. The van der Waals surface area contributed by atoms with Gasteiger partial charge in [-0.2, -0.15) is 5.10 Å². The summed E-state index contributed by atoms with van der Waals surface area (Å²) in [6.45, 7) is 4.56. The molecular weight excluding hydrogens is 394 g/mol. The van der Waals surface area contributed by atoms with Gasteiger partial charge >= 0.3 is 0 Å². The average Bonchev–Trinajstić information content (AvgIpc) is 3.35. The van der Waals surface area contributed by atoms with Gasteiger partial charge in [0.05, 0.1) is 30.7 Å². The Kier molecular flexibility index (Phi) is 5.39. The van der Waals surface area contributed by atoms with Gasteiger partial charge in [-0.05, 0) is 24.3 Å². The number of carbonyl (C=O) groups is 1. The van der Waals surface area contributed by atoms with Crippen LogP contribution in [0.2, 0.25) is 0 Å². The minimum Gasteiger partial charge on any atom is -0.379 e. The van der Waals surface area contributed by atoms with E-state index in [9.17, 15) is 13.2 Å². The van der Waals surface area contributed by atoms with Crippen LogP contribution in [0, 0.1) is 0 Å². The minimum absolute atomic E-state index is 0.207. The van der Waals surface area contributed by atoms with Crippen LogP contribution in [0.25, 0.3) is 22.2 Å². The molecule has 0 radical (unpaired) electrons. The first-order chi connectivity index (χ1) is 13.9. The van der Waals surface area contributed by atoms with Crippen LogP contribution in [-0.4, -0.2) is 79.0 Å². The standard InChI is InChI=1S/C19H23N5O4S/c1-29(26,27)24-6-4-15-12-14(2-3-18(15)24)16-13-17(22-21-16)19(25)20-5-7-23-8-10-28-11-9-23/h2-4,6,12-13H,5,7-11H2,1H3,(H,20,25)(H,21,22). The molecule has 2 aromatic heterocycles. The number of aromatic amines is 1. The normalized spacial score (nSPS) is 15.6. The number of ether oxygens (including phenoxy) is 1. The zero-order chi connectivity index (χ0) is 20.4. The highest BCUT2D eigenvalue weighted by Gasteiger charge is 2.15. The molecule has 1 aliphatic rings. The summed E-state index contributed by atoms with van der Waals surface area (Å²) in [6.07, 6.45) is 2.69. The third-order valence-electron chi connectivity index (χ3n) is 4.95. The monoisotopic (exact) mass is 417 g/mol. The molecule has 3 aromatic rings. The van der Waals surface area contributed by atoms with Crippen molar-refractivity contribution in [2.75, 3.05) is 45.6 Å². The van der Waals surface area contributed by atoms with Gasteiger partial charge in [-0.25, -0.2) is 12.4 Å². The van der Waals surface area contributed by atoms with Crippen molar-refractivity contribution in [3.05, 3.63) is 42.2 Å². The van der Waals surface area contributed by atoms with Gasteiger partial charge in [-0.3, -0.25) is 14.8 Å². The number of hydrogen-bond donors (Lipinski definition) is 2. The average molecular weight is 417 g/mol. The van der Waals surface area contributed by atoms with E-state index in [2.05, 4.69) is 20.4 Å². The Morgan fingerprint density at radius 3 is 2.79 bits per heavy atom. The van der Waals surface area contributed by atoms with Gasteiger partial charge in [0, 0.05) is 43.3 Å². The molecule has 0 aliphatic carbocycles. The van der Waals surface area contributed by atoms with E-state index in [0.29, 0.717) is 23.4 Å². The topological polar surface area (TPSA) is 109 Å². The smallest absolute Gasteiger partial charge is 0.269 e. The van der Waals surface area contributed by atoms with Gasteiger partial charge in [0.2, 0.25) is 10.0 Å². The van der Waals surface area contributed by atoms with Gasteiger partial charge < -0.3 is 10.1 Å². The number of benzene rings is 1. The van der Waals surface area contributed by atoms with Crippen LogP contribution in [0.5, 0.6) is 0 Å².